The zero-order chi connectivity index (χ0) is 25.9. The molecular weight excluding hydrogens is 549 g/mol. The Balaban J connectivity index is 1.49. The van der Waals surface area contributed by atoms with E-state index in [0.29, 0.717) is 43.1 Å². The van der Waals surface area contributed by atoms with Crippen molar-refractivity contribution in [2.24, 2.45) is 0 Å². The van der Waals surface area contributed by atoms with Crippen LogP contribution in [0.2, 0.25) is 0 Å². The Bertz CT molecular complexity index is 1360. The second-order valence-corrected chi connectivity index (χ2v) is 11.4. The van der Waals surface area contributed by atoms with Gasteiger partial charge in [0, 0.05) is 48.2 Å². The molecule has 0 N–H and O–H groups in total. The fourth-order valence-corrected chi connectivity index (χ4v) is 5.28. The van der Waals surface area contributed by atoms with Gasteiger partial charge in [0.2, 0.25) is 5.91 Å². The third-order valence-corrected chi connectivity index (χ3v) is 7.65. The Morgan fingerprint density at radius 3 is 2.19 bits per heavy atom. The highest BCUT2D eigenvalue weighted by Crippen LogP contribution is 2.27. The van der Waals surface area contributed by atoms with E-state index in [-0.39, 0.29) is 23.3 Å². The molecule has 0 aliphatic carbocycles. The Morgan fingerprint density at radius 2 is 1.58 bits per heavy atom. The van der Waals surface area contributed by atoms with E-state index in [1.165, 1.54) is 17.0 Å². The number of nitrogens with zero attached hydrogens (tertiary/aromatic N) is 3. The van der Waals surface area contributed by atoms with Gasteiger partial charge in [-0.3, -0.25) is 14.5 Å². The summed E-state index contributed by atoms with van der Waals surface area (Å²) >= 11 is 3.37. The summed E-state index contributed by atoms with van der Waals surface area (Å²) in [4.78, 5) is 31.4. The van der Waals surface area contributed by atoms with Crippen molar-refractivity contribution in [2.45, 2.75) is 4.90 Å². The number of carbonyl (C=O) groups excluding carboxylic acids is 2. The van der Waals surface area contributed by atoms with E-state index in [9.17, 15) is 22.4 Å². The molecule has 7 nitrogen and oxygen atoms in total. The molecule has 0 unspecified atom stereocenters. The van der Waals surface area contributed by atoms with E-state index in [1.54, 1.807) is 41.3 Å². The largest absolute Gasteiger partial charge is 0.367 e. The first kappa shape index (κ1) is 25.8. The van der Waals surface area contributed by atoms with Gasteiger partial charge in [-0.2, -0.15) is 0 Å². The first-order valence-electron chi connectivity index (χ1n) is 11.3. The molecule has 0 aromatic heterocycles. The minimum atomic E-state index is -3.63. The zero-order valence-electron chi connectivity index (χ0n) is 19.6. The average molecular weight is 574 g/mol. The molecule has 3 aromatic rings. The number of halogens is 2. The first-order valence-corrected chi connectivity index (χ1v) is 14.0. The van der Waals surface area contributed by atoms with Crippen LogP contribution in [0.3, 0.4) is 0 Å². The normalized spacial score (nSPS) is 14.0. The third-order valence-electron chi connectivity index (χ3n) is 5.99. The monoisotopic (exact) mass is 573 g/mol. The van der Waals surface area contributed by atoms with Crippen molar-refractivity contribution in [2.75, 3.05) is 48.8 Å². The molecule has 2 amide bonds. The van der Waals surface area contributed by atoms with Crippen LogP contribution in [-0.4, -0.2) is 64.1 Å². The smallest absolute Gasteiger partial charge is 0.258 e. The first-order chi connectivity index (χ1) is 17.1. The number of piperazine rings is 1. The molecule has 36 heavy (non-hydrogen) atoms. The maximum Gasteiger partial charge on any atom is 0.258 e. The molecule has 0 spiro atoms. The predicted molar refractivity (Wildman–Crippen MR) is 141 cm³/mol. The number of rotatable bonds is 6. The number of amides is 2. The van der Waals surface area contributed by atoms with Crippen molar-refractivity contribution in [1.29, 1.82) is 0 Å². The Hall–Kier alpha value is -3.24. The lowest BCUT2D eigenvalue weighted by Gasteiger charge is -2.37. The van der Waals surface area contributed by atoms with Crippen LogP contribution in [0.25, 0.3) is 0 Å². The molecular formula is C26H25BrFN3O4S. The van der Waals surface area contributed by atoms with Gasteiger partial charge >= 0.3 is 0 Å². The van der Waals surface area contributed by atoms with E-state index < -0.39 is 15.7 Å². The highest BCUT2D eigenvalue weighted by atomic mass is 79.9. The van der Waals surface area contributed by atoms with Crippen LogP contribution in [0.5, 0.6) is 0 Å². The molecule has 4 rings (SSSR count). The maximum atomic E-state index is 13.7. The number of sulfone groups is 1. The van der Waals surface area contributed by atoms with Gasteiger partial charge in [0.1, 0.15) is 12.4 Å². The van der Waals surface area contributed by atoms with Gasteiger partial charge in [-0.1, -0.05) is 34.1 Å². The number of para-hydroxylation sites is 1. The standard InChI is InChI=1S/C26H25BrFN3O4S/c1-36(34,35)24-17-21(28)11-12-23(24)29-13-15-30(16-14-29)25(32)18-31(22-5-3-2-4-6-22)26(33)19-7-9-20(27)10-8-19/h2-12,17H,13-16,18H2,1H3. The van der Waals surface area contributed by atoms with Crippen molar-refractivity contribution in [3.63, 3.8) is 0 Å². The molecule has 0 saturated carbocycles. The number of anilines is 2. The molecule has 188 valence electrons. The maximum absolute atomic E-state index is 13.7. The van der Waals surface area contributed by atoms with E-state index in [1.807, 2.05) is 23.1 Å². The molecule has 3 aromatic carbocycles. The molecule has 1 aliphatic rings. The lowest BCUT2D eigenvalue weighted by Crippen LogP contribution is -2.52. The van der Waals surface area contributed by atoms with Crippen LogP contribution in [0.1, 0.15) is 10.4 Å². The molecule has 0 radical (unpaired) electrons. The third kappa shape index (κ3) is 5.93. The van der Waals surface area contributed by atoms with E-state index in [2.05, 4.69) is 15.9 Å². The van der Waals surface area contributed by atoms with Crippen molar-refractivity contribution >= 4 is 49.0 Å². The molecule has 1 saturated heterocycles. The van der Waals surface area contributed by atoms with Gasteiger partial charge in [-0.15, -0.1) is 0 Å². The Kier molecular flexibility index (Phi) is 7.75. The molecule has 1 fully saturated rings. The van der Waals surface area contributed by atoms with Crippen LogP contribution in [-0.2, 0) is 14.6 Å². The lowest BCUT2D eigenvalue weighted by atomic mass is 10.1. The summed E-state index contributed by atoms with van der Waals surface area (Å²) in [7, 11) is -3.63. The van der Waals surface area contributed by atoms with Crippen molar-refractivity contribution in [3.8, 4) is 0 Å². The van der Waals surface area contributed by atoms with Gasteiger partial charge < -0.3 is 9.80 Å². The number of carbonyl (C=O) groups is 2. The second kappa shape index (κ2) is 10.8. The van der Waals surface area contributed by atoms with Crippen LogP contribution < -0.4 is 9.80 Å². The predicted octanol–water partition coefficient (Wildman–Crippen LogP) is 3.99. The fraction of sp³-hybridized carbons (Fsp3) is 0.231. The van der Waals surface area contributed by atoms with Crippen LogP contribution in [0, 0.1) is 5.82 Å². The number of benzene rings is 3. The second-order valence-electron chi connectivity index (χ2n) is 8.49. The quantitative estimate of drug-likeness (QED) is 0.445. The highest BCUT2D eigenvalue weighted by molar-refractivity contribution is 9.10. The van der Waals surface area contributed by atoms with Gasteiger partial charge in [0.15, 0.2) is 9.84 Å². The topological polar surface area (TPSA) is 78.0 Å². The van der Waals surface area contributed by atoms with Crippen LogP contribution >= 0.6 is 15.9 Å². The molecule has 1 heterocycles. The highest BCUT2D eigenvalue weighted by Gasteiger charge is 2.28. The van der Waals surface area contributed by atoms with Crippen LogP contribution in [0.4, 0.5) is 15.8 Å². The summed E-state index contributed by atoms with van der Waals surface area (Å²) < 4.78 is 38.9. The van der Waals surface area contributed by atoms with Gasteiger partial charge in [-0.05, 0) is 54.6 Å². The Labute approximate surface area is 218 Å². The minimum absolute atomic E-state index is 0.0716. The fourth-order valence-electron chi connectivity index (χ4n) is 4.11. The minimum Gasteiger partial charge on any atom is -0.367 e. The lowest BCUT2D eigenvalue weighted by molar-refractivity contribution is -0.129. The van der Waals surface area contributed by atoms with Crippen molar-refractivity contribution in [3.05, 3.63) is 88.6 Å². The van der Waals surface area contributed by atoms with Crippen molar-refractivity contribution < 1.29 is 22.4 Å². The zero-order valence-corrected chi connectivity index (χ0v) is 22.0. The van der Waals surface area contributed by atoms with Crippen LogP contribution in [0.15, 0.2) is 82.2 Å². The van der Waals surface area contributed by atoms with E-state index in [0.717, 1.165) is 16.8 Å². The number of hydrogen-bond acceptors (Lipinski definition) is 5. The molecule has 1 aliphatic heterocycles. The molecule has 10 heteroatoms. The summed E-state index contributed by atoms with van der Waals surface area (Å²) in [5.74, 6) is -1.12. The summed E-state index contributed by atoms with van der Waals surface area (Å²) in [6, 6.07) is 19.7. The number of hydrogen-bond donors (Lipinski definition) is 0. The van der Waals surface area contributed by atoms with Crippen molar-refractivity contribution in [1.82, 2.24) is 4.90 Å². The van der Waals surface area contributed by atoms with Gasteiger partial charge in [0.05, 0.1) is 10.6 Å². The summed E-state index contributed by atoms with van der Waals surface area (Å²) in [5, 5.41) is 0. The average Bonchev–Trinajstić information content (AvgIpc) is 2.87. The molecule has 0 bridgehead atoms. The van der Waals surface area contributed by atoms with E-state index in [4.69, 9.17) is 0 Å². The SMILES string of the molecule is CS(=O)(=O)c1cc(F)ccc1N1CCN(C(=O)CN(C(=O)c2ccc(Br)cc2)c2ccccc2)CC1. The van der Waals surface area contributed by atoms with Gasteiger partial charge in [-0.25, -0.2) is 12.8 Å². The summed E-state index contributed by atoms with van der Waals surface area (Å²) in [6.45, 7) is 1.31. The molecule has 0 atom stereocenters. The van der Waals surface area contributed by atoms with E-state index >= 15 is 0 Å². The van der Waals surface area contributed by atoms with Gasteiger partial charge in [0.25, 0.3) is 5.91 Å². The Morgan fingerprint density at radius 1 is 0.944 bits per heavy atom. The summed E-state index contributed by atoms with van der Waals surface area (Å²) in [6.07, 6.45) is 1.05. The summed E-state index contributed by atoms with van der Waals surface area (Å²) in [5.41, 5.74) is 1.49.